The zero-order chi connectivity index (χ0) is 27.9. The van der Waals surface area contributed by atoms with Crippen LogP contribution in [0.15, 0.2) is 51.2 Å². The Balaban J connectivity index is 2.02. The summed E-state index contributed by atoms with van der Waals surface area (Å²) >= 11 is 1.21. The summed E-state index contributed by atoms with van der Waals surface area (Å²) < 4.78 is 40.4. The molecule has 1 heterocycles. The van der Waals surface area contributed by atoms with E-state index in [1.165, 1.54) is 42.7 Å². The predicted octanol–water partition coefficient (Wildman–Crippen LogP) is 1.94. The average Bonchev–Trinajstić information content (AvgIpc) is 2.90. The molecule has 3 N–H and O–H groups in total. The molecular formula is C25H32N4O7S2. The number of primary sulfonamides is 1. The van der Waals surface area contributed by atoms with Crippen molar-refractivity contribution in [3.8, 4) is 11.5 Å². The number of nitrogens with two attached hydrogens (primary N) is 1. The topological polar surface area (TPSA) is 152 Å². The highest BCUT2D eigenvalue weighted by Crippen LogP contribution is 2.32. The largest absolute Gasteiger partial charge is 0.493 e. The molecule has 0 unspecified atom stereocenters. The number of carbonyl (C=O) groups excluding carboxylic acids is 1. The Morgan fingerprint density at radius 1 is 1.13 bits per heavy atom. The highest BCUT2D eigenvalue weighted by molar-refractivity contribution is 8.00. The summed E-state index contributed by atoms with van der Waals surface area (Å²) in [5.74, 6) is 0.648. The second kappa shape index (κ2) is 13.1. The van der Waals surface area contributed by atoms with Gasteiger partial charge < -0.3 is 19.5 Å². The molecule has 206 valence electrons. The van der Waals surface area contributed by atoms with Crippen LogP contribution in [-0.2, 0) is 32.5 Å². The van der Waals surface area contributed by atoms with E-state index in [4.69, 9.17) is 24.3 Å². The maximum Gasteiger partial charge on any atom is 0.262 e. The van der Waals surface area contributed by atoms with Crippen LogP contribution in [0, 0.1) is 0 Å². The minimum atomic E-state index is -3.81. The van der Waals surface area contributed by atoms with E-state index in [1.54, 1.807) is 31.4 Å². The predicted molar refractivity (Wildman–Crippen MR) is 145 cm³/mol. The van der Waals surface area contributed by atoms with E-state index < -0.39 is 15.3 Å². The Bertz CT molecular complexity index is 1440. The molecule has 1 amide bonds. The van der Waals surface area contributed by atoms with Gasteiger partial charge in [-0.1, -0.05) is 30.8 Å². The first-order valence-corrected chi connectivity index (χ1v) is 14.3. The number of thioether (sulfide) groups is 1. The number of nitrogens with zero attached hydrogens (tertiary/aromatic N) is 2. The minimum Gasteiger partial charge on any atom is -0.493 e. The molecule has 0 saturated heterocycles. The van der Waals surface area contributed by atoms with E-state index in [0.717, 1.165) is 5.56 Å². The normalized spacial score (nSPS) is 12.3. The maximum absolute atomic E-state index is 13.7. The number of amides is 1. The monoisotopic (exact) mass is 564 g/mol. The zero-order valence-electron chi connectivity index (χ0n) is 21.7. The van der Waals surface area contributed by atoms with Gasteiger partial charge in [-0.2, -0.15) is 0 Å². The van der Waals surface area contributed by atoms with Crippen molar-refractivity contribution in [3.05, 3.63) is 52.3 Å². The molecule has 0 spiro atoms. The molecule has 0 aliphatic carbocycles. The maximum atomic E-state index is 13.7. The summed E-state index contributed by atoms with van der Waals surface area (Å²) in [5, 5.41) is 8.26. The number of benzene rings is 2. The molecule has 0 fully saturated rings. The lowest BCUT2D eigenvalue weighted by atomic mass is 10.1. The number of hydrogen-bond acceptors (Lipinski definition) is 9. The molecule has 0 saturated carbocycles. The standard InChI is InChI=1S/C25H32N4O7S2/c1-5-22(23(30)27-11-13-34-2)37-25-28-19-15-21(36-4)20(35-3)14-18(19)24(31)29(25)12-10-16-6-8-17(9-7-16)38(26,32)33/h6-9,14-15,22H,5,10-13H2,1-4H3,(H,27,30)(H2,26,32,33)/t22-/m0/s1. The van der Waals surface area contributed by atoms with Crippen molar-refractivity contribution in [1.82, 2.24) is 14.9 Å². The van der Waals surface area contributed by atoms with Crippen LogP contribution in [0.1, 0.15) is 18.9 Å². The molecule has 2 aromatic carbocycles. The van der Waals surface area contributed by atoms with Crippen LogP contribution in [0.2, 0.25) is 0 Å². The minimum absolute atomic E-state index is 0.00773. The van der Waals surface area contributed by atoms with Crippen LogP contribution >= 0.6 is 11.8 Å². The van der Waals surface area contributed by atoms with Gasteiger partial charge in [0.2, 0.25) is 15.9 Å². The van der Waals surface area contributed by atoms with E-state index in [-0.39, 0.29) is 22.9 Å². The van der Waals surface area contributed by atoms with Crippen molar-refractivity contribution in [2.24, 2.45) is 5.14 Å². The zero-order valence-corrected chi connectivity index (χ0v) is 23.4. The van der Waals surface area contributed by atoms with Gasteiger partial charge in [-0.05, 0) is 36.6 Å². The number of ether oxygens (including phenoxy) is 3. The molecule has 1 atom stereocenters. The molecule has 0 aliphatic rings. The Morgan fingerprint density at radius 2 is 1.79 bits per heavy atom. The molecule has 38 heavy (non-hydrogen) atoms. The summed E-state index contributed by atoms with van der Waals surface area (Å²) in [6.07, 6.45) is 0.925. The van der Waals surface area contributed by atoms with Crippen molar-refractivity contribution in [2.75, 3.05) is 34.5 Å². The van der Waals surface area contributed by atoms with Crippen molar-refractivity contribution in [3.63, 3.8) is 0 Å². The van der Waals surface area contributed by atoms with Crippen LogP contribution in [0.4, 0.5) is 0 Å². The quantitative estimate of drug-likeness (QED) is 0.180. The highest BCUT2D eigenvalue weighted by Gasteiger charge is 2.23. The molecule has 3 aromatic rings. The Morgan fingerprint density at radius 3 is 2.37 bits per heavy atom. The number of methoxy groups -OCH3 is 3. The van der Waals surface area contributed by atoms with E-state index >= 15 is 0 Å². The summed E-state index contributed by atoms with van der Waals surface area (Å²) in [5.41, 5.74) is 0.921. The van der Waals surface area contributed by atoms with Crippen LogP contribution < -0.4 is 25.5 Å². The van der Waals surface area contributed by atoms with Crippen LogP contribution in [0.5, 0.6) is 11.5 Å². The third kappa shape index (κ3) is 7.04. The molecule has 1 aromatic heterocycles. The van der Waals surface area contributed by atoms with Gasteiger partial charge in [-0.25, -0.2) is 18.5 Å². The van der Waals surface area contributed by atoms with E-state index in [0.29, 0.717) is 53.6 Å². The number of aromatic nitrogens is 2. The Labute approximate surface area is 225 Å². The summed E-state index contributed by atoms with van der Waals surface area (Å²) in [4.78, 5) is 31.2. The third-order valence-electron chi connectivity index (χ3n) is 5.82. The molecule has 11 nitrogen and oxygen atoms in total. The van der Waals surface area contributed by atoms with Crippen LogP contribution in [0.25, 0.3) is 10.9 Å². The van der Waals surface area contributed by atoms with Crippen LogP contribution in [0.3, 0.4) is 0 Å². The third-order valence-corrected chi connectivity index (χ3v) is 8.10. The summed E-state index contributed by atoms with van der Waals surface area (Å²) in [7, 11) is 0.735. The number of sulfonamides is 1. The molecule has 0 aliphatic heterocycles. The van der Waals surface area contributed by atoms with Crippen molar-refractivity contribution < 1.29 is 27.4 Å². The van der Waals surface area contributed by atoms with Gasteiger partial charge in [0, 0.05) is 26.3 Å². The first kappa shape index (κ1) is 29.4. The van der Waals surface area contributed by atoms with E-state index in [2.05, 4.69) is 5.32 Å². The lowest BCUT2D eigenvalue weighted by Gasteiger charge is -2.18. The van der Waals surface area contributed by atoms with Gasteiger partial charge in [0.1, 0.15) is 0 Å². The number of nitrogens with one attached hydrogen (secondary N) is 1. The second-order valence-electron chi connectivity index (χ2n) is 8.31. The van der Waals surface area contributed by atoms with Crippen LogP contribution in [-0.4, -0.2) is 63.6 Å². The fourth-order valence-corrected chi connectivity index (χ4v) is 5.32. The van der Waals surface area contributed by atoms with Gasteiger partial charge in [0.25, 0.3) is 5.56 Å². The highest BCUT2D eigenvalue weighted by atomic mass is 32.2. The first-order chi connectivity index (χ1) is 18.1. The number of rotatable bonds is 13. The fourth-order valence-electron chi connectivity index (χ4n) is 3.74. The van der Waals surface area contributed by atoms with Gasteiger partial charge in [-0.3, -0.25) is 14.2 Å². The smallest absolute Gasteiger partial charge is 0.262 e. The molecule has 3 rings (SSSR count). The Kier molecular flexibility index (Phi) is 10.1. The SMILES string of the molecule is CC[C@H](Sc1nc2cc(OC)c(OC)cc2c(=O)n1CCc1ccc(S(N)(=O)=O)cc1)C(=O)NCCOC. The molecule has 0 radical (unpaired) electrons. The van der Waals surface area contributed by atoms with E-state index in [1.807, 2.05) is 6.92 Å². The van der Waals surface area contributed by atoms with Crippen molar-refractivity contribution in [2.45, 2.75) is 41.6 Å². The van der Waals surface area contributed by atoms with Gasteiger partial charge in [0.15, 0.2) is 16.7 Å². The lowest BCUT2D eigenvalue weighted by molar-refractivity contribution is -0.120. The summed E-state index contributed by atoms with van der Waals surface area (Å²) in [6.45, 7) is 2.89. The van der Waals surface area contributed by atoms with Gasteiger partial charge in [0.05, 0.1) is 41.9 Å². The van der Waals surface area contributed by atoms with E-state index in [9.17, 15) is 18.0 Å². The number of hydrogen-bond donors (Lipinski definition) is 2. The van der Waals surface area contributed by atoms with Crippen molar-refractivity contribution >= 4 is 38.6 Å². The van der Waals surface area contributed by atoms with Gasteiger partial charge >= 0.3 is 0 Å². The molecular weight excluding hydrogens is 532 g/mol. The number of fused-ring (bicyclic) bond motifs is 1. The lowest BCUT2D eigenvalue weighted by Crippen LogP contribution is -2.35. The molecule has 0 bridgehead atoms. The number of aryl methyl sites for hydroxylation is 1. The fraction of sp³-hybridized carbons (Fsp3) is 0.400. The van der Waals surface area contributed by atoms with Gasteiger partial charge in [-0.15, -0.1) is 0 Å². The average molecular weight is 565 g/mol. The number of carbonyl (C=O) groups is 1. The summed E-state index contributed by atoms with van der Waals surface area (Å²) in [6, 6.07) is 9.38. The Hall–Kier alpha value is -3.13. The molecule has 13 heteroatoms. The second-order valence-corrected chi connectivity index (χ2v) is 11.0. The van der Waals surface area contributed by atoms with Crippen molar-refractivity contribution in [1.29, 1.82) is 0 Å². The first-order valence-electron chi connectivity index (χ1n) is 11.8.